The minimum atomic E-state index is -0.0327. The molecule has 4 aliphatic rings. The Morgan fingerprint density at radius 3 is 2.70 bits per heavy atom. The van der Waals surface area contributed by atoms with E-state index in [-0.39, 0.29) is 11.5 Å². The van der Waals surface area contributed by atoms with Crippen LogP contribution in [0.25, 0.3) is 0 Å². The van der Waals surface area contributed by atoms with E-state index in [2.05, 4.69) is 6.92 Å². The van der Waals surface area contributed by atoms with Gasteiger partial charge in [-0.15, -0.1) is 0 Å². The molecule has 7 atom stereocenters. The third-order valence-electron chi connectivity index (χ3n) is 7.59. The molecule has 0 saturated heterocycles. The Labute approximate surface area is 122 Å². The van der Waals surface area contributed by atoms with Crippen molar-refractivity contribution in [2.75, 3.05) is 0 Å². The van der Waals surface area contributed by atoms with E-state index < -0.39 is 0 Å². The normalized spacial score (nSPS) is 55.0. The molecule has 20 heavy (non-hydrogen) atoms. The first kappa shape index (κ1) is 13.3. The van der Waals surface area contributed by atoms with Crippen molar-refractivity contribution in [2.45, 2.75) is 70.8 Å². The number of Topliss-reactive ketones (excluding diaryl/α,β-unsaturated/α-hetero) is 1. The average molecular weight is 276 g/mol. The highest BCUT2D eigenvalue weighted by atomic mass is 16.3. The first-order valence-corrected chi connectivity index (χ1v) is 8.79. The fourth-order valence-corrected chi connectivity index (χ4v) is 6.43. The minimum Gasteiger partial charge on any atom is -0.393 e. The van der Waals surface area contributed by atoms with Gasteiger partial charge in [-0.1, -0.05) is 6.92 Å². The number of hydrogen-bond acceptors (Lipinski definition) is 2. The zero-order valence-electron chi connectivity index (χ0n) is 12.7. The monoisotopic (exact) mass is 276 g/mol. The Bertz CT molecular complexity index is 418. The maximum absolute atomic E-state index is 12.3. The molecule has 2 heteroatoms. The molecule has 0 amide bonds. The zero-order chi connectivity index (χ0) is 13.9. The third-order valence-corrected chi connectivity index (χ3v) is 7.59. The van der Waals surface area contributed by atoms with Crippen LogP contribution in [0.5, 0.6) is 0 Å². The van der Waals surface area contributed by atoms with Gasteiger partial charge in [0.1, 0.15) is 5.78 Å². The standard InChI is InChI=1S/C18H28O2/c1-18-7-6-12-8-13-9-14(19)3-2-11(13)10-15(12)16(18)4-5-17(18)20/h11-16,19H,2-10H2,1H3/t11-,12+,13+,14-,15+,16-,18-/m1/s1. The number of carbonyl (C=O) groups excluding carboxylic acids is 1. The number of hydrogen-bond donors (Lipinski definition) is 1. The Morgan fingerprint density at radius 2 is 1.85 bits per heavy atom. The van der Waals surface area contributed by atoms with E-state index in [4.69, 9.17) is 0 Å². The lowest BCUT2D eigenvalue weighted by atomic mass is 9.52. The van der Waals surface area contributed by atoms with Crippen molar-refractivity contribution < 1.29 is 9.90 Å². The summed E-state index contributed by atoms with van der Waals surface area (Å²) >= 11 is 0. The molecular weight excluding hydrogens is 248 g/mol. The number of aliphatic hydroxyl groups excluding tert-OH is 1. The molecule has 0 bridgehead atoms. The lowest BCUT2D eigenvalue weighted by Crippen LogP contribution is -2.47. The second-order valence-corrected chi connectivity index (χ2v) is 8.41. The SMILES string of the molecule is C[C@@]12CC[C@H]3C[C@H]4C[C@H](O)CC[C@@H]4C[C@@H]3[C@H]1CCC2=O. The second kappa shape index (κ2) is 4.56. The van der Waals surface area contributed by atoms with Crippen molar-refractivity contribution in [1.29, 1.82) is 0 Å². The number of rotatable bonds is 0. The van der Waals surface area contributed by atoms with Crippen molar-refractivity contribution in [2.24, 2.45) is 35.0 Å². The van der Waals surface area contributed by atoms with Crippen LogP contribution < -0.4 is 0 Å². The Hall–Kier alpha value is -0.370. The van der Waals surface area contributed by atoms with Gasteiger partial charge in [0.15, 0.2) is 0 Å². The van der Waals surface area contributed by atoms with Gasteiger partial charge < -0.3 is 5.11 Å². The van der Waals surface area contributed by atoms with Gasteiger partial charge in [0.25, 0.3) is 0 Å². The molecule has 4 saturated carbocycles. The maximum atomic E-state index is 12.3. The van der Waals surface area contributed by atoms with Crippen molar-refractivity contribution in [1.82, 2.24) is 0 Å². The highest BCUT2D eigenvalue weighted by Crippen LogP contribution is 2.60. The molecule has 0 radical (unpaired) electrons. The molecule has 0 heterocycles. The van der Waals surface area contributed by atoms with Gasteiger partial charge in [-0.05, 0) is 81.0 Å². The highest BCUT2D eigenvalue weighted by molar-refractivity contribution is 5.87. The maximum Gasteiger partial charge on any atom is 0.139 e. The summed E-state index contributed by atoms with van der Waals surface area (Å²) in [5.41, 5.74) is 0.0299. The predicted molar refractivity (Wildman–Crippen MR) is 78.1 cm³/mol. The van der Waals surface area contributed by atoms with Crippen molar-refractivity contribution in [3.63, 3.8) is 0 Å². The Balaban J connectivity index is 1.56. The van der Waals surface area contributed by atoms with E-state index in [1.165, 1.54) is 25.7 Å². The molecule has 112 valence electrons. The quantitative estimate of drug-likeness (QED) is 0.734. The lowest BCUT2D eigenvalue weighted by Gasteiger charge is -2.53. The number of carbonyl (C=O) groups is 1. The summed E-state index contributed by atoms with van der Waals surface area (Å²) in [6.45, 7) is 2.26. The van der Waals surface area contributed by atoms with Crippen LogP contribution in [0.1, 0.15) is 64.7 Å². The van der Waals surface area contributed by atoms with Gasteiger partial charge in [-0.2, -0.15) is 0 Å². The fourth-order valence-electron chi connectivity index (χ4n) is 6.43. The lowest BCUT2D eigenvalue weighted by molar-refractivity contribution is -0.132. The van der Waals surface area contributed by atoms with Crippen LogP contribution in [0.15, 0.2) is 0 Å². The summed E-state index contributed by atoms with van der Waals surface area (Å²) in [7, 11) is 0. The van der Waals surface area contributed by atoms with Crippen LogP contribution in [-0.4, -0.2) is 17.0 Å². The molecule has 4 aliphatic carbocycles. The van der Waals surface area contributed by atoms with E-state index in [9.17, 15) is 9.90 Å². The van der Waals surface area contributed by atoms with Crippen LogP contribution in [-0.2, 0) is 4.79 Å². The van der Waals surface area contributed by atoms with Gasteiger partial charge in [0.05, 0.1) is 6.10 Å². The van der Waals surface area contributed by atoms with Crippen molar-refractivity contribution in [3.8, 4) is 0 Å². The molecule has 4 fully saturated rings. The molecule has 2 nitrogen and oxygen atoms in total. The summed E-state index contributed by atoms with van der Waals surface area (Å²) in [5.74, 6) is 4.53. The van der Waals surface area contributed by atoms with Crippen molar-refractivity contribution in [3.05, 3.63) is 0 Å². The molecule has 0 aliphatic heterocycles. The van der Waals surface area contributed by atoms with Crippen molar-refractivity contribution >= 4 is 5.78 Å². The Morgan fingerprint density at radius 1 is 1.00 bits per heavy atom. The third kappa shape index (κ3) is 1.83. The largest absolute Gasteiger partial charge is 0.393 e. The second-order valence-electron chi connectivity index (χ2n) is 8.41. The first-order chi connectivity index (χ1) is 9.58. The molecule has 4 rings (SSSR count). The predicted octanol–water partition coefficient (Wildman–Crippen LogP) is 3.57. The van der Waals surface area contributed by atoms with Crippen LogP contribution >= 0.6 is 0 Å². The molecule has 0 aromatic rings. The summed E-state index contributed by atoms with van der Waals surface area (Å²) < 4.78 is 0. The number of aliphatic hydroxyl groups is 1. The summed E-state index contributed by atoms with van der Waals surface area (Å²) in [6, 6.07) is 0. The van der Waals surface area contributed by atoms with E-state index in [0.29, 0.717) is 11.7 Å². The van der Waals surface area contributed by atoms with E-state index in [1.807, 2.05) is 0 Å². The molecule has 0 spiro atoms. The molecule has 0 aromatic carbocycles. The zero-order valence-corrected chi connectivity index (χ0v) is 12.7. The smallest absolute Gasteiger partial charge is 0.139 e. The molecule has 1 N–H and O–H groups in total. The van der Waals surface area contributed by atoms with Crippen LogP contribution in [0.3, 0.4) is 0 Å². The van der Waals surface area contributed by atoms with E-state index >= 15 is 0 Å². The van der Waals surface area contributed by atoms with Crippen LogP contribution in [0.2, 0.25) is 0 Å². The van der Waals surface area contributed by atoms with Crippen LogP contribution in [0, 0.1) is 35.0 Å². The van der Waals surface area contributed by atoms with Gasteiger partial charge in [-0.25, -0.2) is 0 Å². The number of fused-ring (bicyclic) bond motifs is 4. The van der Waals surface area contributed by atoms with Gasteiger partial charge in [0, 0.05) is 11.8 Å². The van der Waals surface area contributed by atoms with E-state index in [0.717, 1.165) is 55.8 Å². The topological polar surface area (TPSA) is 37.3 Å². The summed E-state index contributed by atoms with van der Waals surface area (Å²) in [5, 5.41) is 9.93. The van der Waals surface area contributed by atoms with Gasteiger partial charge >= 0.3 is 0 Å². The Kier molecular flexibility index (Phi) is 3.03. The highest BCUT2D eigenvalue weighted by Gasteiger charge is 2.55. The fraction of sp³-hybridized carbons (Fsp3) is 0.944. The summed E-state index contributed by atoms with van der Waals surface area (Å²) in [4.78, 5) is 12.3. The van der Waals surface area contributed by atoms with E-state index in [1.54, 1.807) is 0 Å². The van der Waals surface area contributed by atoms with Gasteiger partial charge in [-0.3, -0.25) is 4.79 Å². The van der Waals surface area contributed by atoms with Gasteiger partial charge in [0.2, 0.25) is 0 Å². The van der Waals surface area contributed by atoms with Crippen LogP contribution in [0.4, 0.5) is 0 Å². The summed E-state index contributed by atoms with van der Waals surface area (Å²) in [6.07, 6.45) is 10.4. The molecule has 0 unspecified atom stereocenters. The average Bonchev–Trinajstić information content (AvgIpc) is 2.73. The molecule has 0 aromatic heterocycles. The minimum absolute atomic E-state index is 0.0299. The molecular formula is C18H28O2. The first-order valence-electron chi connectivity index (χ1n) is 8.79. The number of ketones is 1.